The molecule has 0 spiro atoms. The molecule has 0 fully saturated rings. The molecule has 0 radical (unpaired) electrons. The number of alkyl halides is 3. The lowest BCUT2D eigenvalue weighted by atomic mass is 10.1. The molecule has 8 heteroatoms. The third-order valence-corrected chi connectivity index (χ3v) is 4.45. The molecule has 2 rings (SSSR count). The normalized spacial score (nSPS) is 13.3. The molecule has 1 unspecified atom stereocenters. The number of hydrogen-bond acceptors (Lipinski definition) is 4. The summed E-state index contributed by atoms with van der Waals surface area (Å²) in [5.74, 6) is -0.401. The van der Waals surface area contributed by atoms with Crippen molar-refractivity contribution in [1.82, 2.24) is 5.32 Å². The second-order valence-electron chi connectivity index (χ2n) is 7.34. The summed E-state index contributed by atoms with van der Waals surface area (Å²) in [6, 6.07) is 11.7. The Bertz CT molecular complexity index is 815. The second kappa shape index (κ2) is 9.49. The van der Waals surface area contributed by atoms with E-state index in [1.54, 1.807) is 12.1 Å². The fourth-order valence-electron chi connectivity index (χ4n) is 2.83. The molecular weight excluding hydrogens is 385 g/mol. The van der Waals surface area contributed by atoms with Gasteiger partial charge in [0.25, 0.3) is 0 Å². The predicted molar refractivity (Wildman–Crippen MR) is 102 cm³/mol. The topological polar surface area (TPSA) is 69.6 Å². The number of hydroxylamine groups is 3. The van der Waals surface area contributed by atoms with Crippen LogP contribution in [0.3, 0.4) is 0 Å². The van der Waals surface area contributed by atoms with Gasteiger partial charge in [0.05, 0.1) is 17.2 Å². The van der Waals surface area contributed by atoms with E-state index in [-0.39, 0.29) is 12.1 Å². The molecule has 5 nitrogen and oxygen atoms in total. The molecule has 3 N–H and O–H groups in total. The van der Waals surface area contributed by atoms with Gasteiger partial charge in [-0.3, -0.25) is 0 Å². The molecule has 0 bridgehead atoms. The van der Waals surface area contributed by atoms with E-state index in [4.69, 9.17) is 0 Å². The molecule has 1 atom stereocenters. The van der Waals surface area contributed by atoms with Crippen LogP contribution < -0.4 is 5.32 Å². The van der Waals surface area contributed by atoms with E-state index in [1.165, 1.54) is 26.2 Å². The average Bonchev–Trinajstić information content (AvgIpc) is 2.66. The lowest BCUT2D eigenvalue weighted by Crippen LogP contribution is -2.41. The molecule has 0 aliphatic heterocycles. The van der Waals surface area contributed by atoms with Gasteiger partial charge in [-0.25, -0.2) is 10.0 Å². The largest absolute Gasteiger partial charge is 0.416 e. The zero-order valence-electron chi connectivity index (χ0n) is 16.4. The highest BCUT2D eigenvalue weighted by Crippen LogP contribution is 2.30. The van der Waals surface area contributed by atoms with E-state index in [1.807, 2.05) is 12.1 Å². The summed E-state index contributed by atoms with van der Waals surface area (Å²) in [6.07, 6.45) is -3.97. The van der Waals surface area contributed by atoms with Crippen molar-refractivity contribution >= 4 is 5.91 Å². The van der Waals surface area contributed by atoms with Crippen LogP contribution in [-0.2, 0) is 12.6 Å². The first-order valence-electron chi connectivity index (χ1n) is 9.25. The lowest BCUT2D eigenvalue weighted by Gasteiger charge is -2.16. The Labute approximate surface area is 167 Å². The summed E-state index contributed by atoms with van der Waals surface area (Å²) in [5, 5.41) is 22.8. The van der Waals surface area contributed by atoms with Gasteiger partial charge in [-0.1, -0.05) is 24.3 Å². The van der Waals surface area contributed by atoms with E-state index >= 15 is 0 Å². The molecule has 2 aromatic carbocycles. The summed E-state index contributed by atoms with van der Waals surface area (Å²) in [4.78, 5) is 12.0. The van der Waals surface area contributed by atoms with Gasteiger partial charge in [-0.2, -0.15) is 13.2 Å². The number of aliphatic hydroxyl groups is 1. The van der Waals surface area contributed by atoms with E-state index in [9.17, 15) is 28.3 Å². The molecule has 1 amide bonds. The highest BCUT2D eigenvalue weighted by Gasteiger charge is 2.30. The molecule has 0 aliphatic carbocycles. The van der Waals surface area contributed by atoms with E-state index in [0.29, 0.717) is 12.1 Å². The second-order valence-corrected chi connectivity index (χ2v) is 7.34. The highest BCUT2D eigenvalue weighted by molar-refractivity contribution is 5.88. The molecule has 158 valence electrons. The molecule has 0 saturated heterocycles. The monoisotopic (exact) mass is 411 g/mol. The fourth-order valence-corrected chi connectivity index (χ4v) is 2.83. The van der Waals surface area contributed by atoms with Gasteiger partial charge in [-0.05, 0) is 54.8 Å². The third-order valence-electron chi connectivity index (χ3n) is 4.45. The third kappa shape index (κ3) is 6.93. The number of halogens is 3. The summed E-state index contributed by atoms with van der Waals surface area (Å²) < 4.78 is 37.5. The first-order chi connectivity index (χ1) is 13.5. The van der Waals surface area contributed by atoms with Crippen molar-refractivity contribution in [1.29, 1.82) is 0 Å². The molecule has 0 saturated carbocycles. The van der Waals surface area contributed by atoms with Crippen molar-refractivity contribution in [2.45, 2.75) is 25.1 Å². The minimum atomic E-state index is -4.44. The number of benzene rings is 2. The van der Waals surface area contributed by atoms with Crippen molar-refractivity contribution in [3.63, 3.8) is 0 Å². The highest BCUT2D eigenvalue weighted by atomic mass is 19.4. The van der Waals surface area contributed by atoms with Gasteiger partial charge in [0.1, 0.15) is 14.1 Å². The van der Waals surface area contributed by atoms with Crippen LogP contribution in [0, 0.1) is 0 Å². The Kier molecular flexibility index (Phi) is 7.54. The molecule has 0 aliphatic rings. The van der Waals surface area contributed by atoms with Crippen LogP contribution >= 0.6 is 0 Å². The van der Waals surface area contributed by atoms with Gasteiger partial charge < -0.3 is 10.4 Å². The molecule has 0 heterocycles. The van der Waals surface area contributed by atoms with Crippen molar-refractivity contribution < 1.29 is 32.9 Å². The van der Waals surface area contributed by atoms with Crippen LogP contribution in [-0.4, -0.2) is 48.1 Å². The number of aryl methyl sites for hydroxylation is 1. The Balaban J connectivity index is 1.76. The van der Waals surface area contributed by atoms with E-state index in [2.05, 4.69) is 5.32 Å². The Morgan fingerprint density at radius 1 is 1.14 bits per heavy atom. The number of aliphatic hydroxyl groups excluding tert-OH is 1. The maximum absolute atomic E-state index is 12.7. The number of hydrogen-bond donors (Lipinski definition) is 3. The number of quaternary nitrogens is 1. The SMILES string of the molecule is C[N+](C)(O)C(=O)c1ccc(CCCNCC(O)c2cccc(C(F)(F)F)c2)cc1. The standard InChI is InChI=1S/C21H26F3N2O3/c1-26(2,29)20(28)16-10-8-15(9-11-16)5-4-12-25-14-19(27)17-6-3-7-18(13-17)21(22,23)24/h3,6-11,13,19,25,27,29H,4-5,12,14H2,1-2H3/q+1. The van der Waals surface area contributed by atoms with Crippen LogP contribution in [0.5, 0.6) is 0 Å². The lowest BCUT2D eigenvalue weighted by molar-refractivity contribution is -1.00. The molecule has 0 aromatic heterocycles. The number of carbonyl (C=O) groups excluding carboxylic acids is 1. The molecular formula is C21H26F3N2O3+. The number of nitrogens with zero attached hydrogens (tertiary/aromatic N) is 1. The zero-order chi connectivity index (χ0) is 21.7. The minimum absolute atomic E-state index is 0.151. The Hall–Kier alpha value is -2.26. The van der Waals surface area contributed by atoms with Crippen molar-refractivity contribution in [3.05, 3.63) is 70.8 Å². The molecule has 2 aromatic rings. The maximum Gasteiger partial charge on any atom is 0.416 e. The first-order valence-corrected chi connectivity index (χ1v) is 9.25. The van der Waals surface area contributed by atoms with Crippen molar-refractivity contribution in [3.8, 4) is 0 Å². The number of amides is 1. The Morgan fingerprint density at radius 2 is 1.79 bits per heavy atom. The van der Waals surface area contributed by atoms with Crippen LogP contribution in [0.1, 0.15) is 39.6 Å². The van der Waals surface area contributed by atoms with Crippen molar-refractivity contribution in [2.75, 3.05) is 27.2 Å². The summed E-state index contributed by atoms with van der Waals surface area (Å²) in [5.41, 5.74) is 0.880. The van der Waals surface area contributed by atoms with Crippen LogP contribution in [0.15, 0.2) is 48.5 Å². The van der Waals surface area contributed by atoms with Crippen LogP contribution in [0.25, 0.3) is 0 Å². The number of carbonyl (C=O) groups is 1. The van der Waals surface area contributed by atoms with E-state index in [0.717, 1.165) is 30.5 Å². The summed E-state index contributed by atoms with van der Waals surface area (Å²) >= 11 is 0. The van der Waals surface area contributed by atoms with Crippen LogP contribution in [0.2, 0.25) is 0 Å². The zero-order valence-corrected chi connectivity index (χ0v) is 16.4. The Morgan fingerprint density at radius 3 is 2.38 bits per heavy atom. The van der Waals surface area contributed by atoms with Crippen molar-refractivity contribution in [2.24, 2.45) is 0 Å². The quantitative estimate of drug-likeness (QED) is 0.269. The summed E-state index contributed by atoms with van der Waals surface area (Å²) in [6.45, 7) is 0.732. The number of nitrogens with one attached hydrogen (secondary N) is 1. The van der Waals surface area contributed by atoms with Gasteiger partial charge in [0, 0.05) is 6.54 Å². The minimum Gasteiger partial charge on any atom is -0.387 e. The van der Waals surface area contributed by atoms with Gasteiger partial charge in [0.2, 0.25) is 0 Å². The van der Waals surface area contributed by atoms with Gasteiger partial charge in [-0.15, -0.1) is 4.65 Å². The maximum atomic E-state index is 12.7. The van der Waals surface area contributed by atoms with Gasteiger partial charge in [0.15, 0.2) is 0 Å². The smallest absolute Gasteiger partial charge is 0.387 e. The number of rotatable bonds is 8. The van der Waals surface area contributed by atoms with E-state index < -0.39 is 28.4 Å². The van der Waals surface area contributed by atoms with Gasteiger partial charge >= 0.3 is 12.1 Å². The predicted octanol–water partition coefficient (Wildman–Crippen LogP) is 3.57. The fraction of sp³-hybridized carbons (Fsp3) is 0.381. The summed E-state index contributed by atoms with van der Waals surface area (Å²) in [7, 11) is 2.77. The molecule has 29 heavy (non-hydrogen) atoms. The first kappa shape index (κ1) is 23.0. The van der Waals surface area contributed by atoms with Crippen LogP contribution in [0.4, 0.5) is 13.2 Å². The average molecular weight is 411 g/mol.